The Morgan fingerprint density at radius 2 is 1.96 bits per heavy atom. The highest BCUT2D eigenvalue weighted by Gasteiger charge is 2.33. The maximum absolute atomic E-state index is 12.6. The standard InChI is InChI=1S/C17H15N3O4S4/c1-24-11-4-2-10(3-5-11)8-12-15(23)19(16(25)28-12)7-6-13(21)18-20-14(22)9-27-17(20)26/h2-5,8H,6-7,9H2,1H3,(H,18,21). The zero-order valence-corrected chi connectivity index (χ0v) is 17.9. The largest absolute Gasteiger partial charge is 0.497 e. The van der Waals surface area contributed by atoms with Crippen LogP contribution in [0, 0.1) is 0 Å². The molecule has 0 aliphatic carbocycles. The summed E-state index contributed by atoms with van der Waals surface area (Å²) in [6.07, 6.45) is 1.75. The fourth-order valence-electron chi connectivity index (χ4n) is 2.40. The van der Waals surface area contributed by atoms with Crippen LogP contribution in [0.2, 0.25) is 0 Å². The topological polar surface area (TPSA) is 79.0 Å². The van der Waals surface area contributed by atoms with Crippen molar-refractivity contribution in [3.8, 4) is 5.75 Å². The van der Waals surface area contributed by atoms with Gasteiger partial charge in [0.05, 0.1) is 17.8 Å². The van der Waals surface area contributed by atoms with Crippen molar-refractivity contribution in [3.63, 3.8) is 0 Å². The predicted molar refractivity (Wildman–Crippen MR) is 118 cm³/mol. The number of thioether (sulfide) groups is 2. The fraction of sp³-hybridized carbons (Fsp3) is 0.235. The highest BCUT2D eigenvalue weighted by molar-refractivity contribution is 8.26. The summed E-state index contributed by atoms with van der Waals surface area (Å²) in [5.74, 6) is 0.0130. The van der Waals surface area contributed by atoms with E-state index in [1.165, 1.54) is 28.4 Å². The molecule has 11 heteroatoms. The van der Waals surface area contributed by atoms with E-state index in [-0.39, 0.29) is 30.5 Å². The molecule has 2 heterocycles. The molecule has 3 rings (SSSR count). The summed E-state index contributed by atoms with van der Waals surface area (Å²) in [5.41, 5.74) is 3.31. The number of ether oxygens (including phenoxy) is 1. The molecule has 1 aromatic rings. The van der Waals surface area contributed by atoms with Crippen molar-refractivity contribution < 1.29 is 19.1 Å². The van der Waals surface area contributed by atoms with Crippen molar-refractivity contribution in [2.75, 3.05) is 19.4 Å². The molecule has 7 nitrogen and oxygen atoms in total. The van der Waals surface area contributed by atoms with Crippen LogP contribution in [0.3, 0.4) is 0 Å². The third kappa shape index (κ3) is 4.72. The Labute approximate surface area is 180 Å². The summed E-state index contributed by atoms with van der Waals surface area (Å²) < 4.78 is 5.82. The Bertz CT molecular complexity index is 869. The van der Waals surface area contributed by atoms with Gasteiger partial charge in [-0.25, -0.2) is 5.01 Å². The number of amides is 3. The zero-order chi connectivity index (χ0) is 20.3. The van der Waals surface area contributed by atoms with Crippen molar-refractivity contribution >= 4 is 80.4 Å². The maximum Gasteiger partial charge on any atom is 0.266 e. The first kappa shape index (κ1) is 20.8. The molecule has 3 amide bonds. The molecule has 2 fully saturated rings. The van der Waals surface area contributed by atoms with E-state index in [1.807, 2.05) is 12.1 Å². The van der Waals surface area contributed by atoms with Gasteiger partial charge < -0.3 is 4.74 Å². The molecule has 0 spiro atoms. The first-order chi connectivity index (χ1) is 13.4. The number of nitrogens with zero attached hydrogens (tertiary/aromatic N) is 2. The molecule has 146 valence electrons. The molecule has 0 saturated carbocycles. The van der Waals surface area contributed by atoms with Gasteiger partial charge >= 0.3 is 0 Å². The van der Waals surface area contributed by atoms with Crippen LogP contribution in [0.4, 0.5) is 0 Å². The number of hydrogen-bond acceptors (Lipinski definition) is 8. The molecule has 0 radical (unpaired) electrons. The quantitative estimate of drug-likeness (QED) is 0.519. The number of methoxy groups -OCH3 is 1. The van der Waals surface area contributed by atoms with Crippen LogP contribution in [-0.4, -0.2) is 55.7 Å². The fourth-order valence-corrected chi connectivity index (χ4v) is 4.69. The van der Waals surface area contributed by atoms with E-state index in [0.29, 0.717) is 13.5 Å². The maximum atomic E-state index is 12.6. The zero-order valence-electron chi connectivity index (χ0n) is 14.7. The number of hydrogen-bond donors (Lipinski definition) is 1. The van der Waals surface area contributed by atoms with Gasteiger partial charge in [0.2, 0.25) is 5.91 Å². The first-order valence-electron chi connectivity index (χ1n) is 8.07. The Morgan fingerprint density at radius 1 is 1.25 bits per heavy atom. The van der Waals surface area contributed by atoms with Crippen LogP contribution in [-0.2, 0) is 14.4 Å². The molecule has 1 N–H and O–H groups in total. The van der Waals surface area contributed by atoms with Gasteiger partial charge in [-0.1, -0.05) is 60.1 Å². The van der Waals surface area contributed by atoms with Crippen molar-refractivity contribution in [2.45, 2.75) is 6.42 Å². The van der Waals surface area contributed by atoms with Crippen LogP contribution in [0.15, 0.2) is 29.2 Å². The van der Waals surface area contributed by atoms with Gasteiger partial charge in [-0.05, 0) is 23.8 Å². The Balaban J connectivity index is 1.58. The Hall–Kier alpha value is -1.95. The number of thiocarbonyl (C=S) groups is 2. The van der Waals surface area contributed by atoms with Crippen LogP contribution >= 0.6 is 48.0 Å². The van der Waals surface area contributed by atoms with Crippen LogP contribution < -0.4 is 10.2 Å². The summed E-state index contributed by atoms with van der Waals surface area (Å²) in [6.45, 7) is 0.123. The number of benzene rings is 1. The predicted octanol–water partition coefficient (Wildman–Crippen LogP) is 2.18. The average Bonchev–Trinajstić information content (AvgIpc) is 3.13. The van der Waals surface area contributed by atoms with E-state index in [1.54, 1.807) is 25.3 Å². The second kappa shape index (κ2) is 9.03. The minimum Gasteiger partial charge on any atom is -0.497 e. The van der Waals surface area contributed by atoms with E-state index in [2.05, 4.69) is 5.43 Å². The molecule has 0 atom stereocenters. The SMILES string of the molecule is COc1ccc(C=C2SC(=S)N(CCC(=O)NN3C(=O)CSC3=S)C2=O)cc1. The van der Waals surface area contributed by atoms with E-state index in [9.17, 15) is 14.4 Å². The normalized spacial score (nSPS) is 18.4. The highest BCUT2D eigenvalue weighted by atomic mass is 32.2. The van der Waals surface area contributed by atoms with Gasteiger partial charge in [0.15, 0.2) is 4.32 Å². The van der Waals surface area contributed by atoms with Gasteiger partial charge in [-0.2, -0.15) is 0 Å². The van der Waals surface area contributed by atoms with Gasteiger partial charge in [-0.3, -0.25) is 24.7 Å². The minimum atomic E-state index is -0.411. The van der Waals surface area contributed by atoms with Crippen molar-refractivity contribution in [2.24, 2.45) is 0 Å². The molecular weight excluding hydrogens is 438 g/mol. The molecular formula is C17H15N3O4S4. The molecule has 2 aliphatic heterocycles. The number of carbonyl (C=O) groups excluding carboxylic acids is 3. The van der Waals surface area contributed by atoms with Crippen molar-refractivity contribution in [1.82, 2.24) is 15.3 Å². The smallest absolute Gasteiger partial charge is 0.266 e. The lowest BCUT2D eigenvalue weighted by Crippen LogP contribution is -2.46. The second-order valence-corrected chi connectivity index (χ2v) is 8.96. The van der Waals surface area contributed by atoms with Gasteiger partial charge in [0.1, 0.15) is 10.1 Å². The van der Waals surface area contributed by atoms with Crippen LogP contribution in [0.25, 0.3) is 6.08 Å². The second-order valence-electron chi connectivity index (χ2n) is 5.68. The molecule has 0 aromatic heterocycles. The lowest BCUT2D eigenvalue weighted by molar-refractivity contribution is -0.134. The molecule has 0 unspecified atom stereocenters. The summed E-state index contributed by atoms with van der Waals surface area (Å²) >= 11 is 12.7. The van der Waals surface area contributed by atoms with E-state index in [4.69, 9.17) is 29.2 Å². The first-order valence-corrected chi connectivity index (χ1v) is 10.7. The molecule has 2 saturated heterocycles. The molecule has 28 heavy (non-hydrogen) atoms. The third-order valence-electron chi connectivity index (χ3n) is 3.84. The van der Waals surface area contributed by atoms with Gasteiger partial charge in [0.25, 0.3) is 11.8 Å². The summed E-state index contributed by atoms with van der Waals surface area (Å²) in [5, 5.41) is 1.07. The van der Waals surface area contributed by atoms with Crippen molar-refractivity contribution in [1.29, 1.82) is 0 Å². The number of carbonyl (C=O) groups is 3. The highest BCUT2D eigenvalue weighted by Crippen LogP contribution is 2.32. The summed E-state index contributed by atoms with van der Waals surface area (Å²) in [6, 6.07) is 7.29. The molecule has 0 bridgehead atoms. The average molecular weight is 454 g/mol. The number of hydrazine groups is 1. The molecule has 1 aromatic carbocycles. The Morgan fingerprint density at radius 3 is 2.57 bits per heavy atom. The lowest BCUT2D eigenvalue weighted by Gasteiger charge is -2.18. The van der Waals surface area contributed by atoms with Crippen molar-refractivity contribution in [3.05, 3.63) is 34.7 Å². The minimum absolute atomic E-state index is 0.000679. The molecule has 2 aliphatic rings. The monoisotopic (exact) mass is 453 g/mol. The summed E-state index contributed by atoms with van der Waals surface area (Å²) in [4.78, 5) is 38.2. The van der Waals surface area contributed by atoms with Gasteiger partial charge in [0, 0.05) is 13.0 Å². The van der Waals surface area contributed by atoms with E-state index < -0.39 is 5.91 Å². The van der Waals surface area contributed by atoms with Gasteiger partial charge in [-0.15, -0.1) is 0 Å². The van der Waals surface area contributed by atoms with Crippen LogP contribution in [0.5, 0.6) is 5.75 Å². The number of rotatable bonds is 6. The summed E-state index contributed by atoms with van der Waals surface area (Å²) in [7, 11) is 1.59. The lowest BCUT2D eigenvalue weighted by atomic mass is 10.2. The number of nitrogens with one attached hydrogen (secondary N) is 1. The third-order valence-corrected chi connectivity index (χ3v) is 6.57. The van der Waals surface area contributed by atoms with Crippen LogP contribution in [0.1, 0.15) is 12.0 Å². The Kier molecular flexibility index (Phi) is 6.70. The van der Waals surface area contributed by atoms with E-state index in [0.717, 1.165) is 16.3 Å². The van der Waals surface area contributed by atoms with E-state index >= 15 is 0 Å².